The Balaban J connectivity index is 1.74. The van der Waals surface area contributed by atoms with Gasteiger partial charge < -0.3 is 4.57 Å². The summed E-state index contributed by atoms with van der Waals surface area (Å²) in [4.78, 5) is 4.90. The number of fused-ring (bicyclic) bond motifs is 1. The van der Waals surface area contributed by atoms with E-state index in [2.05, 4.69) is 71.3 Å². The first-order valence-corrected chi connectivity index (χ1v) is 8.05. The number of nitrogens with zero attached hydrogens (tertiary/aromatic N) is 2. The summed E-state index contributed by atoms with van der Waals surface area (Å²) < 4.78 is 2.39. The third-order valence-electron chi connectivity index (χ3n) is 4.47. The van der Waals surface area contributed by atoms with E-state index in [4.69, 9.17) is 4.98 Å². The van der Waals surface area contributed by atoms with Crippen LogP contribution in [0.1, 0.15) is 24.2 Å². The Morgan fingerprint density at radius 3 is 2.64 bits per heavy atom. The molecular weight excluding hydrogens is 268 g/mol. The lowest BCUT2D eigenvalue weighted by molar-refractivity contribution is 0.587. The number of hydrogen-bond donors (Lipinski definition) is 0. The van der Waals surface area contributed by atoms with Gasteiger partial charge in [-0.1, -0.05) is 54.6 Å². The van der Waals surface area contributed by atoms with Crippen LogP contribution >= 0.6 is 0 Å². The number of para-hydroxylation sites is 2. The molecule has 2 heteroatoms. The van der Waals surface area contributed by atoms with Crippen molar-refractivity contribution < 1.29 is 0 Å². The van der Waals surface area contributed by atoms with Gasteiger partial charge in [0.05, 0.1) is 11.0 Å². The normalized spacial score (nSPS) is 17.4. The maximum Gasteiger partial charge on any atom is 0.110 e. The highest BCUT2D eigenvalue weighted by Crippen LogP contribution is 2.25. The standard InChI is InChI=1S/C20H20N2/c1-2-10-17(11-3-1)15-22-19-13-7-6-12-18(19)21-20(22)14-16-8-4-5-9-16/h1-4,6-8,10-13,16H,5,9,14-15H2/t16-/m0/s1. The van der Waals surface area contributed by atoms with E-state index in [0.29, 0.717) is 5.92 Å². The first kappa shape index (κ1) is 13.3. The van der Waals surface area contributed by atoms with Crippen LogP contribution in [0.15, 0.2) is 66.7 Å². The molecule has 22 heavy (non-hydrogen) atoms. The van der Waals surface area contributed by atoms with Crippen LogP contribution in [0, 0.1) is 5.92 Å². The Bertz CT molecular complexity index is 799. The number of benzene rings is 2. The highest BCUT2D eigenvalue weighted by atomic mass is 15.1. The van der Waals surface area contributed by atoms with Gasteiger partial charge in [-0.05, 0) is 36.5 Å². The highest BCUT2D eigenvalue weighted by molar-refractivity contribution is 5.76. The topological polar surface area (TPSA) is 17.8 Å². The third kappa shape index (κ3) is 2.57. The van der Waals surface area contributed by atoms with Gasteiger partial charge in [-0.25, -0.2) is 4.98 Å². The second kappa shape index (κ2) is 5.80. The molecule has 0 unspecified atom stereocenters. The predicted molar refractivity (Wildman–Crippen MR) is 90.8 cm³/mol. The van der Waals surface area contributed by atoms with Crippen molar-refractivity contribution in [3.05, 3.63) is 78.1 Å². The number of hydrogen-bond acceptors (Lipinski definition) is 1. The fourth-order valence-corrected chi connectivity index (χ4v) is 3.32. The minimum absolute atomic E-state index is 0.645. The van der Waals surface area contributed by atoms with Crippen molar-refractivity contribution >= 4 is 11.0 Å². The van der Waals surface area contributed by atoms with E-state index in [1.54, 1.807) is 0 Å². The lowest BCUT2D eigenvalue weighted by Gasteiger charge is -2.12. The van der Waals surface area contributed by atoms with Gasteiger partial charge >= 0.3 is 0 Å². The molecule has 1 aliphatic carbocycles. The van der Waals surface area contributed by atoms with E-state index >= 15 is 0 Å². The average molecular weight is 288 g/mol. The largest absolute Gasteiger partial charge is 0.323 e. The molecule has 110 valence electrons. The number of imidazole rings is 1. The summed E-state index contributed by atoms with van der Waals surface area (Å²) >= 11 is 0. The molecular formula is C20H20N2. The van der Waals surface area contributed by atoms with E-state index in [1.165, 1.54) is 29.7 Å². The van der Waals surface area contributed by atoms with Crippen molar-refractivity contribution in [2.24, 2.45) is 5.92 Å². The average Bonchev–Trinajstić information content (AvgIpc) is 3.18. The Morgan fingerprint density at radius 2 is 1.82 bits per heavy atom. The van der Waals surface area contributed by atoms with Gasteiger partial charge in [-0.2, -0.15) is 0 Å². The summed E-state index contributed by atoms with van der Waals surface area (Å²) in [6.07, 6.45) is 8.16. The predicted octanol–water partition coefficient (Wildman–Crippen LogP) is 4.59. The zero-order valence-electron chi connectivity index (χ0n) is 12.7. The lowest BCUT2D eigenvalue weighted by Crippen LogP contribution is -2.09. The van der Waals surface area contributed by atoms with E-state index in [1.807, 2.05) is 0 Å². The van der Waals surface area contributed by atoms with Gasteiger partial charge in [0, 0.05) is 13.0 Å². The van der Waals surface area contributed by atoms with Gasteiger partial charge in [-0.15, -0.1) is 0 Å². The van der Waals surface area contributed by atoms with Crippen LogP contribution in [0.2, 0.25) is 0 Å². The number of allylic oxidation sites excluding steroid dienone is 2. The van der Waals surface area contributed by atoms with Gasteiger partial charge in [0.1, 0.15) is 5.82 Å². The van der Waals surface area contributed by atoms with Crippen LogP contribution < -0.4 is 0 Å². The summed E-state index contributed by atoms with van der Waals surface area (Å²) in [6.45, 7) is 0.896. The summed E-state index contributed by atoms with van der Waals surface area (Å²) in [6, 6.07) is 19.1. The molecule has 1 aliphatic rings. The molecule has 1 atom stereocenters. The zero-order chi connectivity index (χ0) is 14.8. The highest BCUT2D eigenvalue weighted by Gasteiger charge is 2.16. The van der Waals surface area contributed by atoms with Crippen molar-refractivity contribution in [2.75, 3.05) is 0 Å². The van der Waals surface area contributed by atoms with Crippen molar-refractivity contribution in [1.82, 2.24) is 9.55 Å². The molecule has 0 saturated carbocycles. The maximum atomic E-state index is 4.90. The second-order valence-corrected chi connectivity index (χ2v) is 6.06. The minimum atomic E-state index is 0.645. The lowest BCUT2D eigenvalue weighted by atomic mass is 10.0. The summed E-state index contributed by atoms with van der Waals surface area (Å²) in [5, 5.41) is 0. The molecule has 0 saturated heterocycles. The molecule has 2 nitrogen and oxygen atoms in total. The Hall–Kier alpha value is -2.35. The zero-order valence-corrected chi connectivity index (χ0v) is 12.7. The van der Waals surface area contributed by atoms with E-state index in [0.717, 1.165) is 18.5 Å². The number of aromatic nitrogens is 2. The minimum Gasteiger partial charge on any atom is -0.323 e. The summed E-state index contributed by atoms with van der Waals surface area (Å²) in [5.74, 6) is 1.85. The fraction of sp³-hybridized carbons (Fsp3) is 0.250. The SMILES string of the molecule is C1=C[C@H](Cc2nc3ccccc3n2Cc2ccccc2)CC1. The number of rotatable bonds is 4. The molecule has 1 heterocycles. The maximum absolute atomic E-state index is 4.90. The van der Waals surface area contributed by atoms with Crippen LogP contribution in [0.3, 0.4) is 0 Å². The molecule has 1 aromatic heterocycles. The van der Waals surface area contributed by atoms with Crippen LogP contribution in [0.4, 0.5) is 0 Å². The van der Waals surface area contributed by atoms with Gasteiger partial charge in [-0.3, -0.25) is 0 Å². The van der Waals surface area contributed by atoms with Crippen LogP contribution in [-0.2, 0) is 13.0 Å². The molecule has 0 radical (unpaired) electrons. The van der Waals surface area contributed by atoms with Crippen molar-refractivity contribution in [1.29, 1.82) is 0 Å². The molecule has 0 spiro atoms. The first-order chi connectivity index (χ1) is 10.9. The first-order valence-electron chi connectivity index (χ1n) is 8.05. The van der Waals surface area contributed by atoms with Crippen molar-refractivity contribution in [2.45, 2.75) is 25.8 Å². The smallest absolute Gasteiger partial charge is 0.110 e. The molecule has 0 bridgehead atoms. The molecule has 4 rings (SSSR count). The molecule has 0 fully saturated rings. The molecule has 0 aliphatic heterocycles. The Kier molecular flexibility index (Phi) is 3.51. The fourth-order valence-electron chi connectivity index (χ4n) is 3.32. The summed E-state index contributed by atoms with van der Waals surface area (Å²) in [5.41, 5.74) is 3.67. The van der Waals surface area contributed by atoms with E-state index in [-0.39, 0.29) is 0 Å². The van der Waals surface area contributed by atoms with E-state index in [9.17, 15) is 0 Å². The summed E-state index contributed by atoms with van der Waals surface area (Å²) in [7, 11) is 0. The second-order valence-electron chi connectivity index (χ2n) is 6.06. The van der Waals surface area contributed by atoms with Crippen molar-refractivity contribution in [3.8, 4) is 0 Å². The van der Waals surface area contributed by atoms with E-state index < -0.39 is 0 Å². The Labute approximate surface area is 131 Å². The molecule has 2 aromatic carbocycles. The third-order valence-corrected chi connectivity index (χ3v) is 4.47. The quantitative estimate of drug-likeness (QED) is 0.642. The van der Waals surface area contributed by atoms with Gasteiger partial charge in [0.2, 0.25) is 0 Å². The Morgan fingerprint density at radius 1 is 1.00 bits per heavy atom. The van der Waals surface area contributed by atoms with Crippen LogP contribution in [0.5, 0.6) is 0 Å². The van der Waals surface area contributed by atoms with Gasteiger partial charge in [0.25, 0.3) is 0 Å². The van der Waals surface area contributed by atoms with Crippen LogP contribution in [0.25, 0.3) is 11.0 Å². The molecule has 3 aromatic rings. The monoisotopic (exact) mass is 288 g/mol. The van der Waals surface area contributed by atoms with Crippen molar-refractivity contribution in [3.63, 3.8) is 0 Å². The molecule has 0 amide bonds. The molecule has 0 N–H and O–H groups in total. The van der Waals surface area contributed by atoms with Gasteiger partial charge in [0.15, 0.2) is 0 Å². The van der Waals surface area contributed by atoms with Crippen LogP contribution in [-0.4, -0.2) is 9.55 Å².